The summed E-state index contributed by atoms with van der Waals surface area (Å²) in [5.41, 5.74) is 1.11. The predicted molar refractivity (Wildman–Crippen MR) is 95.9 cm³/mol. The Bertz CT molecular complexity index is 763. The molecule has 0 bridgehead atoms. The lowest BCUT2D eigenvalue weighted by Crippen LogP contribution is -3.15. The molecule has 144 valence electrons. The number of para-hydroxylation sites is 1. The molecule has 0 spiro atoms. The third-order valence-corrected chi connectivity index (χ3v) is 4.44. The number of carbonyl (C=O) groups excluding carboxylic acids is 1. The number of rotatable bonds is 6. The summed E-state index contributed by atoms with van der Waals surface area (Å²) >= 11 is 0. The highest BCUT2D eigenvalue weighted by molar-refractivity contribution is 5.91. The van der Waals surface area contributed by atoms with E-state index in [-0.39, 0.29) is 17.5 Å². The van der Waals surface area contributed by atoms with Gasteiger partial charge in [0.15, 0.2) is 6.54 Å². The van der Waals surface area contributed by atoms with Gasteiger partial charge in [-0.05, 0) is 36.4 Å². The van der Waals surface area contributed by atoms with E-state index >= 15 is 0 Å². The van der Waals surface area contributed by atoms with E-state index in [1.165, 1.54) is 30.3 Å². The molecule has 1 saturated heterocycles. The number of piperazine rings is 1. The van der Waals surface area contributed by atoms with Gasteiger partial charge in [0.1, 0.15) is 11.6 Å². The summed E-state index contributed by atoms with van der Waals surface area (Å²) in [4.78, 5) is 15.3. The van der Waals surface area contributed by atoms with Crippen LogP contribution in [0.3, 0.4) is 0 Å². The second-order valence-electron chi connectivity index (χ2n) is 6.32. The van der Waals surface area contributed by atoms with E-state index in [1.54, 1.807) is 12.1 Å². The average Bonchev–Trinajstić information content (AvgIpc) is 2.64. The summed E-state index contributed by atoms with van der Waals surface area (Å²) in [6, 6.07) is 12.5. The molecule has 27 heavy (non-hydrogen) atoms. The van der Waals surface area contributed by atoms with Crippen molar-refractivity contribution < 1.29 is 27.6 Å². The molecular formula is C19H21F3N3O2+. The molecule has 5 nitrogen and oxygen atoms in total. The molecule has 1 fully saturated rings. The van der Waals surface area contributed by atoms with Crippen molar-refractivity contribution in [3.63, 3.8) is 0 Å². The fourth-order valence-electron chi connectivity index (χ4n) is 3.10. The molecule has 1 aliphatic rings. The zero-order chi connectivity index (χ0) is 19.2. The summed E-state index contributed by atoms with van der Waals surface area (Å²) in [6.45, 7) is 0.204. The maximum atomic E-state index is 13.9. The van der Waals surface area contributed by atoms with Crippen molar-refractivity contribution in [2.75, 3.05) is 42.9 Å². The Kier molecular flexibility index (Phi) is 6.18. The van der Waals surface area contributed by atoms with Crippen molar-refractivity contribution in [1.29, 1.82) is 0 Å². The van der Waals surface area contributed by atoms with Crippen molar-refractivity contribution in [2.45, 2.75) is 6.61 Å². The minimum absolute atomic E-state index is 0.0397. The Morgan fingerprint density at radius 2 is 1.78 bits per heavy atom. The van der Waals surface area contributed by atoms with Crippen LogP contribution < -0.4 is 19.9 Å². The standard InChI is InChI=1S/C19H20F3N3O2/c20-16-3-1-2-4-17(16)25-11-9-24(10-12-25)13-18(26)23-14-5-7-15(8-6-14)27-19(21)22/h1-8,19H,9-13H2,(H,23,26)/p+1. The number of ether oxygens (including phenoxy) is 1. The monoisotopic (exact) mass is 380 g/mol. The molecule has 1 heterocycles. The van der Waals surface area contributed by atoms with E-state index in [0.717, 1.165) is 18.0 Å². The van der Waals surface area contributed by atoms with E-state index in [2.05, 4.69) is 10.1 Å². The van der Waals surface area contributed by atoms with Crippen molar-refractivity contribution >= 4 is 17.3 Å². The summed E-state index contributed by atoms with van der Waals surface area (Å²) in [5, 5.41) is 2.75. The first-order chi connectivity index (χ1) is 13.0. The molecule has 0 atom stereocenters. The van der Waals surface area contributed by atoms with E-state index in [4.69, 9.17) is 0 Å². The predicted octanol–water partition coefficient (Wildman–Crippen LogP) is 1.77. The van der Waals surface area contributed by atoms with Gasteiger partial charge in [0, 0.05) is 5.69 Å². The summed E-state index contributed by atoms with van der Waals surface area (Å²) < 4.78 is 42.4. The zero-order valence-electron chi connectivity index (χ0n) is 14.6. The second-order valence-corrected chi connectivity index (χ2v) is 6.32. The number of quaternary nitrogens is 1. The van der Waals surface area contributed by atoms with Crippen LogP contribution in [0.15, 0.2) is 48.5 Å². The lowest BCUT2D eigenvalue weighted by atomic mass is 10.2. The number of benzene rings is 2. The lowest BCUT2D eigenvalue weighted by Gasteiger charge is -2.33. The number of hydrogen-bond donors (Lipinski definition) is 2. The first kappa shape index (κ1) is 19.0. The Hall–Kier alpha value is -2.74. The molecule has 1 aliphatic heterocycles. The fraction of sp³-hybridized carbons (Fsp3) is 0.316. The summed E-state index contributed by atoms with van der Waals surface area (Å²) in [5.74, 6) is -0.359. The van der Waals surface area contributed by atoms with Gasteiger partial charge < -0.3 is 19.9 Å². The topological polar surface area (TPSA) is 46.0 Å². The first-order valence-corrected chi connectivity index (χ1v) is 8.69. The van der Waals surface area contributed by atoms with E-state index in [0.29, 0.717) is 31.0 Å². The normalized spacial score (nSPS) is 15.0. The summed E-state index contributed by atoms with van der Waals surface area (Å²) in [6.07, 6.45) is 0. The molecule has 0 radical (unpaired) electrons. The molecule has 0 saturated carbocycles. The maximum Gasteiger partial charge on any atom is 0.387 e. The van der Waals surface area contributed by atoms with E-state index in [1.807, 2.05) is 11.0 Å². The van der Waals surface area contributed by atoms with Crippen LogP contribution in [-0.4, -0.2) is 45.2 Å². The molecule has 0 aliphatic carbocycles. The van der Waals surface area contributed by atoms with E-state index < -0.39 is 6.61 Å². The van der Waals surface area contributed by atoms with Gasteiger partial charge in [-0.3, -0.25) is 4.79 Å². The number of carbonyl (C=O) groups is 1. The van der Waals surface area contributed by atoms with Crippen LogP contribution in [-0.2, 0) is 4.79 Å². The van der Waals surface area contributed by atoms with E-state index in [9.17, 15) is 18.0 Å². The quantitative estimate of drug-likeness (QED) is 0.803. The highest BCUT2D eigenvalue weighted by Gasteiger charge is 2.23. The van der Waals surface area contributed by atoms with Gasteiger partial charge in [-0.15, -0.1) is 0 Å². The Morgan fingerprint density at radius 3 is 2.41 bits per heavy atom. The van der Waals surface area contributed by atoms with Gasteiger partial charge >= 0.3 is 6.61 Å². The van der Waals surface area contributed by atoms with Crippen molar-refractivity contribution in [2.24, 2.45) is 0 Å². The molecule has 1 amide bonds. The second kappa shape index (κ2) is 8.77. The number of alkyl halides is 2. The van der Waals surface area contributed by atoms with Gasteiger partial charge in [-0.2, -0.15) is 8.78 Å². The molecule has 0 aromatic heterocycles. The van der Waals surface area contributed by atoms with Crippen LogP contribution in [0.2, 0.25) is 0 Å². The Labute approximate surface area is 155 Å². The molecule has 3 rings (SSSR count). The number of hydrogen-bond acceptors (Lipinski definition) is 3. The number of nitrogens with zero attached hydrogens (tertiary/aromatic N) is 1. The number of anilines is 2. The Balaban J connectivity index is 1.46. The van der Waals surface area contributed by atoms with Crippen LogP contribution in [0.5, 0.6) is 5.75 Å². The maximum absolute atomic E-state index is 13.9. The first-order valence-electron chi connectivity index (χ1n) is 8.69. The molecule has 2 aromatic carbocycles. The highest BCUT2D eigenvalue weighted by atomic mass is 19.3. The van der Waals surface area contributed by atoms with Crippen molar-refractivity contribution in [3.05, 3.63) is 54.3 Å². The van der Waals surface area contributed by atoms with Crippen LogP contribution >= 0.6 is 0 Å². The van der Waals surface area contributed by atoms with Gasteiger partial charge in [-0.1, -0.05) is 12.1 Å². The van der Waals surface area contributed by atoms with Crippen LogP contribution in [0.1, 0.15) is 0 Å². The van der Waals surface area contributed by atoms with Crippen LogP contribution in [0, 0.1) is 5.82 Å². The smallest absolute Gasteiger partial charge is 0.387 e. The van der Waals surface area contributed by atoms with Crippen LogP contribution in [0.4, 0.5) is 24.5 Å². The zero-order valence-corrected chi connectivity index (χ0v) is 14.6. The average molecular weight is 380 g/mol. The molecule has 0 unspecified atom stereocenters. The number of nitrogens with one attached hydrogen (secondary N) is 2. The Morgan fingerprint density at radius 1 is 1.11 bits per heavy atom. The highest BCUT2D eigenvalue weighted by Crippen LogP contribution is 2.19. The van der Waals surface area contributed by atoms with Gasteiger partial charge in [0.25, 0.3) is 5.91 Å². The number of amides is 1. The van der Waals surface area contributed by atoms with Gasteiger partial charge in [0.2, 0.25) is 0 Å². The van der Waals surface area contributed by atoms with Gasteiger partial charge in [0.05, 0.1) is 31.9 Å². The van der Waals surface area contributed by atoms with Gasteiger partial charge in [-0.25, -0.2) is 4.39 Å². The minimum Gasteiger partial charge on any atom is -0.435 e. The van der Waals surface area contributed by atoms with Crippen molar-refractivity contribution in [3.8, 4) is 5.75 Å². The SMILES string of the molecule is O=C(C[NH+]1CCN(c2ccccc2F)CC1)Nc1ccc(OC(F)F)cc1. The molecule has 2 N–H and O–H groups in total. The molecule has 2 aromatic rings. The largest absolute Gasteiger partial charge is 0.435 e. The minimum atomic E-state index is -2.88. The molecular weight excluding hydrogens is 359 g/mol. The third-order valence-electron chi connectivity index (χ3n) is 4.44. The van der Waals surface area contributed by atoms with Crippen molar-refractivity contribution in [1.82, 2.24) is 0 Å². The third kappa shape index (κ3) is 5.37. The van der Waals surface area contributed by atoms with Crippen LogP contribution in [0.25, 0.3) is 0 Å². The molecule has 8 heteroatoms. The summed E-state index contributed by atoms with van der Waals surface area (Å²) in [7, 11) is 0. The fourth-order valence-corrected chi connectivity index (χ4v) is 3.10. The number of halogens is 3. The lowest BCUT2D eigenvalue weighted by molar-refractivity contribution is -0.892.